The molecule has 0 aliphatic carbocycles. The van der Waals surface area contributed by atoms with E-state index in [1.54, 1.807) is 13.0 Å². The van der Waals surface area contributed by atoms with Crippen molar-refractivity contribution in [1.82, 2.24) is 5.32 Å². The first-order valence-corrected chi connectivity index (χ1v) is 8.71. The van der Waals surface area contributed by atoms with Gasteiger partial charge in [-0.1, -0.05) is 51.3 Å². The van der Waals surface area contributed by atoms with Gasteiger partial charge in [-0.25, -0.2) is 9.69 Å². The molecule has 2 aromatic rings. The van der Waals surface area contributed by atoms with Crippen molar-refractivity contribution in [2.45, 2.75) is 18.9 Å². The number of carbonyl (C=O) groups excluding carboxylic acids is 2. The first-order valence-electron chi connectivity index (χ1n) is 7.16. The van der Waals surface area contributed by atoms with E-state index >= 15 is 0 Å². The van der Waals surface area contributed by atoms with Crippen LogP contribution in [0.1, 0.15) is 12.5 Å². The average Bonchev–Trinajstić information content (AvgIpc) is 2.70. The van der Waals surface area contributed by atoms with E-state index in [4.69, 9.17) is 23.2 Å². The molecule has 7 heteroatoms. The van der Waals surface area contributed by atoms with Crippen LogP contribution in [0.5, 0.6) is 0 Å². The molecule has 3 rings (SSSR count). The minimum absolute atomic E-state index is 0.339. The van der Waals surface area contributed by atoms with Crippen LogP contribution in [-0.2, 0) is 11.2 Å². The van der Waals surface area contributed by atoms with Gasteiger partial charge in [-0.05, 0) is 42.8 Å². The smallest absolute Gasteiger partial charge is 0.323 e. The van der Waals surface area contributed by atoms with Gasteiger partial charge in [-0.15, -0.1) is 0 Å². The first-order chi connectivity index (χ1) is 11.3. The molecule has 24 heavy (non-hydrogen) atoms. The number of urea groups is 1. The number of carbonyl (C=O) groups is 2. The number of anilines is 1. The summed E-state index contributed by atoms with van der Waals surface area (Å²) in [5.41, 5.74) is 0.273. The number of hydrogen-bond acceptors (Lipinski definition) is 2. The van der Waals surface area contributed by atoms with Gasteiger partial charge in [0.2, 0.25) is 0 Å². The summed E-state index contributed by atoms with van der Waals surface area (Å²) in [6, 6.07) is 11.8. The van der Waals surface area contributed by atoms with Gasteiger partial charge in [0.15, 0.2) is 0 Å². The van der Waals surface area contributed by atoms with Crippen molar-refractivity contribution >= 4 is 56.8 Å². The predicted octanol–water partition coefficient (Wildman–Crippen LogP) is 4.81. The molecule has 0 spiro atoms. The van der Waals surface area contributed by atoms with E-state index in [2.05, 4.69) is 21.2 Å². The third-order valence-electron chi connectivity index (χ3n) is 3.84. The van der Waals surface area contributed by atoms with Crippen LogP contribution in [0.4, 0.5) is 10.5 Å². The first kappa shape index (κ1) is 17.3. The lowest BCUT2D eigenvalue weighted by Crippen LogP contribution is -2.46. The second-order valence-corrected chi connectivity index (χ2v) is 7.62. The highest BCUT2D eigenvalue weighted by Crippen LogP contribution is 2.31. The van der Waals surface area contributed by atoms with E-state index in [0.29, 0.717) is 22.2 Å². The Morgan fingerprint density at radius 1 is 1.17 bits per heavy atom. The largest absolute Gasteiger partial charge is 0.329 e. The Hall–Kier alpha value is -1.56. The normalized spacial score (nSPS) is 20.4. The summed E-state index contributed by atoms with van der Waals surface area (Å²) in [6.45, 7) is 1.71. The van der Waals surface area contributed by atoms with Crippen molar-refractivity contribution in [2.24, 2.45) is 0 Å². The summed E-state index contributed by atoms with van der Waals surface area (Å²) in [5.74, 6) is -0.339. The zero-order chi connectivity index (χ0) is 17.5. The van der Waals surface area contributed by atoms with Crippen LogP contribution in [0.25, 0.3) is 0 Å². The average molecular weight is 430 g/mol. The minimum atomic E-state index is -1.03. The van der Waals surface area contributed by atoms with E-state index in [1.165, 1.54) is 12.1 Å². The Bertz CT molecular complexity index is 806. The zero-order valence-corrected chi connectivity index (χ0v) is 15.7. The SMILES string of the molecule is C[C@]1(Cc2ccc(Br)cc2)N[14C](=O)N(c2cc(Cl)cc(Cl)c2)C1=O. The fourth-order valence-corrected chi connectivity index (χ4v) is 3.50. The molecule has 0 bridgehead atoms. The molecule has 0 aromatic heterocycles. The number of amides is 3. The lowest BCUT2D eigenvalue weighted by Gasteiger charge is -2.22. The number of hydrogen-bond donors (Lipinski definition) is 1. The van der Waals surface area contributed by atoms with E-state index in [9.17, 15) is 9.59 Å². The molecule has 1 heterocycles. The van der Waals surface area contributed by atoms with Crippen molar-refractivity contribution in [3.8, 4) is 0 Å². The Labute approximate surface area is 157 Å². The van der Waals surface area contributed by atoms with Gasteiger partial charge >= 0.3 is 6.03 Å². The Morgan fingerprint density at radius 2 is 1.75 bits per heavy atom. The molecule has 0 radical (unpaired) electrons. The van der Waals surface area contributed by atoms with Gasteiger partial charge in [-0.2, -0.15) is 0 Å². The molecule has 1 fully saturated rings. The molecule has 1 aliphatic heterocycles. The van der Waals surface area contributed by atoms with Crippen LogP contribution >= 0.6 is 39.1 Å². The number of benzene rings is 2. The number of rotatable bonds is 3. The number of halogens is 3. The van der Waals surface area contributed by atoms with Gasteiger partial charge in [0.1, 0.15) is 5.54 Å². The van der Waals surface area contributed by atoms with E-state index in [0.717, 1.165) is 14.9 Å². The quantitative estimate of drug-likeness (QED) is 0.711. The third kappa shape index (κ3) is 3.29. The fraction of sp³-hybridized carbons (Fsp3) is 0.176. The lowest BCUT2D eigenvalue weighted by molar-refractivity contribution is -0.121. The van der Waals surface area contributed by atoms with Crippen molar-refractivity contribution in [2.75, 3.05) is 4.90 Å². The predicted molar refractivity (Wildman–Crippen MR) is 98.7 cm³/mol. The van der Waals surface area contributed by atoms with Gasteiger partial charge in [0.05, 0.1) is 5.69 Å². The molecule has 2 aromatic carbocycles. The van der Waals surface area contributed by atoms with Crippen LogP contribution in [0, 0.1) is 0 Å². The highest BCUT2D eigenvalue weighted by molar-refractivity contribution is 9.10. The van der Waals surface area contributed by atoms with Crippen molar-refractivity contribution in [3.63, 3.8) is 0 Å². The topological polar surface area (TPSA) is 49.4 Å². The van der Waals surface area contributed by atoms with Crippen LogP contribution in [0.3, 0.4) is 0 Å². The van der Waals surface area contributed by atoms with Gasteiger partial charge in [0, 0.05) is 20.9 Å². The fourth-order valence-electron chi connectivity index (χ4n) is 2.72. The van der Waals surface area contributed by atoms with Crippen molar-refractivity contribution in [3.05, 3.63) is 62.5 Å². The van der Waals surface area contributed by atoms with E-state index < -0.39 is 11.6 Å². The molecule has 0 saturated carbocycles. The summed E-state index contributed by atoms with van der Waals surface area (Å²) in [7, 11) is 0. The van der Waals surface area contributed by atoms with Crippen LogP contribution < -0.4 is 10.2 Å². The molecule has 1 atom stereocenters. The highest BCUT2D eigenvalue weighted by Gasteiger charge is 2.48. The molecule has 1 N–H and O–H groups in total. The molecule has 1 aliphatic rings. The number of nitrogens with one attached hydrogen (secondary N) is 1. The second-order valence-electron chi connectivity index (χ2n) is 5.83. The number of nitrogens with zero attached hydrogens (tertiary/aromatic N) is 1. The van der Waals surface area contributed by atoms with E-state index in [-0.39, 0.29) is 5.91 Å². The summed E-state index contributed by atoms with van der Waals surface area (Å²) >= 11 is 15.3. The Morgan fingerprint density at radius 3 is 2.33 bits per heavy atom. The molecular formula is C17H13BrCl2N2O2. The van der Waals surface area contributed by atoms with Crippen LogP contribution in [0.2, 0.25) is 10.0 Å². The summed E-state index contributed by atoms with van der Waals surface area (Å²) in [6.07, 6.45) is 0.385. The molecule has 0 unspecified atom stereocenters. The van der Waals surface area contributed by atoms with Crippen molar-refractivity contribution in [1.29, 1.82) is 0 Å². The molecule has 4 nitrogen and oxygen atoms in total. The second kappa shape index (κ2) is 6.39. The summed E-state index contributed by atoms with van der Waals surface area (Å²) in [4.78, 5) is 26.3. The minimum Gasteiger partial charge on any atom is -0.323 e. The van der Waals surface area contributed by atoms with Crippen LogP contribution in [-0.4, -0.2) is 17.5 Å². The zero-order valence-electron chi connectivity index (χ0n) is 12.6. The summed E-state index contributed by atoms with van der Waals surface area (Å²) in [5, 5.41) is 3.49. The van der Waals surface area contributed by atoms with Crippen molar-refractivity contribution < 1.29 is 9.59 Å². The maximum Gasteiger partial charge on any atom is 0.329 e. The van der Waals surface area contributed by atoms with Gasteiger partial charge in [-0.3, -0.25) is 4.79 Å². The molecular weight excluding hydrogens is 417 g/mol. The molecule has 124 valence electrons. The maximum atomic E-state index is 12.9. The number of imide groups is 1. The highest BCUT2D eigenvalue weighted by atomic mass is 79.9. The Balaban J connectivity index is 1.91. The summed E-state index contributed by atoms with van der Waals surface area (Å²) < 4.78 is 0.952. The van der Waals surface area contributed by atoms with E-state index in [1.807, 2.05) is 24.3 Å². The van der Waals surface area contributed by atoms with Gasteiger partial charge < -0.3 is 5.32 Å². The molecule has 3 amide bonds. The standard InChI is InChI=1S/C17H13BrCl2N2O2/c1-17(9-10-2-4-11(18)5-3-10)15(23)22(16(24)21-17)14-7-12(19)6-13(20)8-14/h2-8H,9H2,1H3,(H,21,24)/t17-/m1/s1/i16+2. The van der Waals surface area contributed by atoms with Crippen LogP contribution in [0.15, 0.2) is 46.9 Å². The third-order valence-corrected chi connectivity index (χ3v) is 4.80. The monoisotopic (exact) mass is 428 g/mol. The maximum absolute atomic E-state index is 12.9. The lowest BCUT2D eigenvalue weighted by atomic mass is 9.93. The molecule has 1 saturated heterocycles. The van der Waals surface area contributed by atoms with Gasteiger partial charge in [0.25, 0.3) is 5.91 Å². The Kier molecular flexibility index (Phi) is 4.60.